The molecule has 0 amide bonds. The number of hydrogen-bond acceptors (Lipinski definition) is 7. The first-order valence-corrected chi connectivity index (χ1v) is 11.3. The molecule has 0 spiro atoms. The predicted octanol–water partition coefficient (Wildman–Crippen LogP) is 5.21. The molecule has 5 aromatic heterocycles. The molecule has 1 aromatic carbocycles. The molecule has 6 heterocycles. The fraction of sp³-hybridized carbons (Fsp3) is 0.0800. The first-order valence-electron chi connectivity index (χ1n) is 10.9. The molecule has 0 fully saturated rings. The highest BCUT2D eigenvalue weighted by Crippen LogP contribution is 2.49. The maximum atomic E-state index is 6.39. The van der Waals surface area contributed by atoms with Crippen LogP contribution in [-0.2, 0) is 0 Å². The fourth-order valence-electron chi connectivity index (χ4n) is 4.50. The highest BCUT2D eigenvalue weighted by molar-refractivity contribution is 6.30. The number of pyridine rings is 1. The first-order chi connectivity index (χ1) is 17.2. The molecule has 0 unspecified atom stereocenters. The molecular weight excluding hydrogens is 466 g/mol. The Morgan fingerprint density at radius 3 is 2.57 bits per heavy atom. The van der Waals surface area contributed by atoms with Crippen molar-refractivity contribution in [3.8, 4) is 28.8 Å². The molecule has 1 aliphatic heterocycles. The third-order valence-corrected chi connectivity index (χ3v) is 6.31. The molecule has 7 rings (SSSR count). The second kappa shape index (κ2) is 7.51. The summed E-state index contributed by atoms with van der Waals surface area (Å²) >= 11 is 6.11. The van der Waals surface area contributed by atoms with Crippen molar-refractivity contribution in [2.75, 3.05) is 0 Å². The van der Waals surface area contributed by atoms with Crippen LogP contribution in [0.25, 0.3) is 22.7 Å². The standard InChI is InChI=1S/C25H16ClN7O2/c1-14-19-20(18-3-2-12-34-18)21-23-29-22(15-8-10-27-11-9-15)31-32(23)13-28-24(21)35-25(19)33(30-14)17-6-4-16(26)5-7-17/h2-13,20H,1H3/t20-/m1/s1. The first kappa shape index (κ1) is 19.9. The van der Waals surface area contributed by atoms with Crippen LogP contribution in [0, 0.1) is 6.92 Å². The average molecular weight is 482 g/mol. The number of aryl methyl sites for hydroxylation is 1. The van der Waals surface area contributed by atoms with E-state index in [2.05, 4.69) is 15.1 Å². The van der Waals surface area contributed by atoms with Gasteiger partial charge in [0.05, 0.1) is 34.7 Å². The van der Waals surface area contributed by atoms with E-state index in [0.717, 1.165) is 33.8 Å². The highest BCUT2D eigenvalue weighted by atomic mass is 35.5. The SMILES string of the molecule is Cc1nn(-c2ccc(Cl)cc2)c2c1[C@@H](c1ccco1)c1c(ncn3nc(-c4ccncc4)nc13)O2. The zero-order chi connectivity index (χ0) is 23.5. The quantitative estimate of drug-likeness (QED) is 0.341. The van der Waals surface area contributed by atoms with Gasteiger partial charge in [0.15, 0.2) is 11.5 Å². The van der Waals surface area contributed by atoms with Crippen LogP contribution in [0.15, 0.2) is 77.9 Å². The van der Waals surface area contributed by atoms with Crippen LogP contribution in [-0.4, -0.2) is 34.3 Å². The summed E-state index contributed by atoms with van der Waals surface area (Å²) in [7, 11) is 0. The summed E-state index contributed by atoms with van der Waals surface area (Å²) in [6.07, 6.45) is 6.68. The van der Waals surface area contributed by atoms with Crippen LogP contribution in [0.2, 0.25) is 5.02 Å². The second-order valence-corrected chi connectivity index (χ2v) is 8.58. The molecule has 170 valence electrons. The number of benzene rings is 1. The van der Waals surface area contributed by atoms with E-state index in [4.69, 9.17) is 30.8 Å². The predicted molar refractivity (Wildman–Crippen MR) is 127 cm³/mol. The minimum atomic E-state index is -0.338. The third kappa shape index (κ3) is 3.05. The van der Waals surface area contributed by atoms with E-state index in [1.54, 1.807) is 34.2 Å². The number of nitrogens with zero attached hydrogens (tertiary/aromatic N) is 7. The molecule has 6 aromatic rings. The molecule has 0 aliphatic carbocycles. The van der Waals surface area contributed by atoms with Gasteiger partial charge in [-0.15, -0.1) is 5.10 Å². The summed E-state index contributed by atoms with van der Waals surface area (Å²) in [5.41, 5.74) is 4.76. The summed E-state index contributed by atoms with van der Waals surface area (Å²) in [5.74, 6) is 1.97. The van der Waals surface area contributed by atoms with E-state index in [-0.39, 0.29) is 5.92 Å². The monoisotopic (exact) mass is 481 g/mol. The van der Waals surface area contributed by atoms with E-state index in [1.165, 1.54) is 0 Å². The summed E-state index contributed by atoms with van der Waals surface area (Å²) in [6.45, 7) is 1.95. The van der Waals surface area contributed by atoms with Gasteiger partial charge in [-0.2, -0.15) is 5.10 Å². The van der Waals surface area contributed by atoms with Crippen LogP contribution in [0.5, 0.6) is 11.8 Å². The van der Waals surface area contributed by atoms with E-state index >= 15 is 0 Å². The van der Waals surface area contributed by atoms with E-state index in [1.807, 2.05) is 55.5 Å². The van der Waals surface area contributed by atoms with Gasteiger partial charge >= 0.3 is 0 Å². The van der Waals surface area contributed by atoms with Crippen molar-refractivity contribution >= 4 is 17.2 Å². The van der Waals surface area contributed by atoms with Crippen LogP contribution in [0.3, 0.4) is 0 Å². The number of aromatic nitrogens is 7. The Bertz CT molecular complexity index is 1690. The van der Waals surface area contributed by atoms with E-state index in [9.17, 15) is 0 Å². The lowest BCUT2D eigenvalue weighted by molar-refractivity contribution is 0.392. The Morgan fingerprint density at radius 1 is 0.971 bits per heavy atom. The minimum Gasteiger partial charge on any atom is -0.468 e. The van der Waals surface area contributed by atoms with Crippen molar-refractivity contribution in [1.82, 2.24) is 34.3 Å². The minimum absolute atomic E-state index is 0.338. The van der Waals surface area contributed by atoms with Crippen LogP contribution in [0.4, 0.5) is 0 Å². The molecule has 10 heteroatoms. The van der Waals surface area contributed by atoms with Crippen molar-refractivity contribution in [3.63, 3.8) is 0 Å². The van der Waals surface area contributed by atoms with Crippen LogP contribution in [0.1, 0.15) is 28.5 Å². The van der Waals surface area contributed by atoms with Gasteiger partial charge in [-0.05, 0) is 55.5 Å². The Morgan fingerprint density at radius 2 is 1.80 bits per heavy atom. The smallest absolute Gasteiger partial charge is 0.230 e. The molecule has 1 aliphatic rings. The van der Waals surface area contributed by atoms with Gasteiger partial charge in [0.25, 0.3) is 0 Å². The fourth-order valence-corrected chi connectivity index (χ4v) is 4.62. The summed E-state index contributed by atoms with van der Waals surface area (Å²) in [6, 6.07) is 15.0. The van der Waals surface area contributed by atoms with Crippen molar-refractivity contribution < 1.29 is 9.15 Å². The topological polar surface area (TPSA) is 96.2 Å². The number of hydrogen-bond donors (Lipinski definition) is 0. The Kier molecular flexibility index (Phi) is 4.27. The van der Waals surface area contributed by atoms with Gasteiger partial charge in [-0.25, -0.2) is 19.2 Å². The molecule has 0 radical (unpaired) electrons. The van der Waals surface area contributed by atoms with Crippen molar-refractivity contribution in [3.05, 3.63) is 101 Å². The number of furan rings is 1. The summed E-state index contributed by atoms with van der Waals surface area (Å²) in [5, 5.41) is 10.1. The van der Waals surface area contributed by atoms with Gasteiger partial charge in [-0.1, -0.05) is 11.6 Å². The van der Waals surface area contributed by atoms with Gasteiger partial charge in [0, 0.05) is 23.0 Å². The lowest BCUT2D eigenvalue weighted by atomic mass is 9.88. The molecule has 35 heavy (non-hydrogen) atoms. The molecule has 1 atom stereocenters. The van der Waals surface area contributed by atoms with Gasteiger partial charge in [0.1, 0.15) is 12.1 Å². The molecule has 9 nitrogen and oxygen atoms in total. The van der Waals surface area contributed by atoms with Gasteiger partial charge in [-0.3, -0.25) is 4.98 Å². The Balaban J connectivity index is 1.47. The number of ether oxygens (including phenoxy) is 1. The molecule has 0 bridgehead atoms. The highest BCUT2D eigenvalue weighted by Gasteiger charge is 2.39. The van der Waals surface area contributed by atoms with Gasteiger partial charge in [0.2, 0.25) is 11.8 Å². The van der Waals surface area contributed by atoms with Crippen molar-refractivity contribution in [2.45, 2.75) is 12.8 Å². The molecule has 0 N–H and O–H groups in total. The molecule has 0 saturated carbocycles. The Hall–Kier alpha value is -4.50. The third-order valence-electron chi connectivity index (χ3n) is 6.06. The largest absolute Gasteiger partial charge is 0.468 e. The zero-order valence-electron chi connectivity index (χ0n) is 18.3. The summed E-state index contributed by atoms with van der Waals surface area (Å²) in [4.78, 5) is 13.5. The van der Waals surface area contributed by atoms with Crippen LogP contribution >= 0.6 is 11.6 Å². The van der Waals surface area contributed by atoms with Crippen molar-refractivity contribution in [1.29, 1.82) is 0 Å². The number of fused-ring (bicyclic) bond motifs is 4. The molecular formula is C25H16ClN7O2. The number of halogens is 1. The zero-order valence-corrected chi connectivity index (χ0v) is 19.1. The Labute approximate surface area is 203 Å². The lowest BCUT2D eigenvalue weighted by Crippen LogP contribution is -2.15. The second-order valence-electron chi connectivity index (χ2n) is 8.15. The van der Waals surface area contributed by atoms with E-state index in [0.29, 0.717) is 28.3 Å². The average Bonchev–Trinajstić information content (AvgIpc) is 3.63. The lowest BCUT2D eigenvalue weighted by Gasteiger charge is -2.24. The summed E-state index contributed by atoms with van der Waals surface area (Å²) < 4.78 is 15.7. The van der Waals surface area contributed by atoms with Crippen molar-refractivity contribution in [2.24, 2.45) is 0 Å². The van der Waals surface area contributed by atoms with Crippen LogP contribution < -0.4 is 4.74 Å². The molecule has 0 saturated heterocycles. The maximum absolute atomic E-state index is 6.39. The maximum Gasteiger partial charge on any atom is 0.230 e. The van der Waals surface area contributed by atoms with Gasteiger partial charge < -0.3 is 9.15 Å². The normalized spacial score (nSPS) is 14.5. The van der Waals surface area contributed by atoms with E-state index < -0.39 is 0 Å². The number of rotatable bonds is 3.